The number of ether oxygens (including phenoxy) is 3. The highest BCUT2D eigenvalue weighted by Gasteiger charge is 2.39. The van der Waals surface area contributed by atoms with Gasteiger partial charge in [-0.1, -0.05) is 17.7 Å². The first-order valence-corrected chi connectivity index (χ1v) is 12.8. The fraction of sp³-hybridized carbons (Fsp3) is 0.464. The van der Waals surface area contributed by atoms with Crippen LogP contribution < -0.4 is 14.8 Å². The molecule has 0 aliphatic carbocycles. The first kappa shape index (κ1) is 29.3. The van der Waals surface area contributed by atoms with Gasteiger partial charge in [-0.2, -0.15) is 0 Å². The summed E-state index contributed by atoms with van der Waals surface area (Å²) in [6.45, 7) is 6.04. The molecule has 2 unspecified atom stereocenters. The predicted molar refractivity (Wildman–Crippen MR) is 145 cm³/mol. The number of ketones is 2. The van der Waals surface area contributed by atoms with E-state index in [2.05, 4.69) is 5.32 Å². The average Bonchev–Trinajstić information content (AvgIpc) is 3.22. The molecule has 0 amide bonds. The van der Waals surface area contributed by atoms with Gasteiger partial charge in [-0.3, -0.25) is 19.3 Å². The number of Topliss-reactive ketones (excluding diaryl/α,β-unsaturated/α-hetero) is 2. The number of hydrogen-bond acceptors (Lipinski definition) is 9. The second-order valence-electron chi connectivity index (χ2n) is 9.65. The highest BCUT2D eigenvalue weighted by molar-refractivity contribution is 6.37. The summed E-state index contributed by atoms with van der Waals surface area (Å²) < 4.78 is 16.3. The van der Waals surface area contributed by atoms with Crippen LogP contribution in [0.15, 0.2) is 24.3 Å². The topological polar surface area (TPSA) is 114 Å². The van der Waals surface area contributed by atoms with Gasteiger partial charge in [0.25, 0.3) is 0 Å². The van der Waals surface area contributed by atoms with Gasteiger partial charge in [0.15, 0.2) is 11.6 Å². The first-order valence-electron chi connectivity index (χ1n) is 12.4. The fourth-order valence-corrected chi connectivity index (χ4v) is 5.17. The molecule has 2 N–H and O–H groups in total. The number of likely N-dealkylation sites (tertiary alicyclic amines) is 1. The summed E-state index contributed by atoms with van der Waals surface area (Å²) in [5.41, 5.74) is 1.10. The van der Waals surface area contributed by atoms with Crippen molar-refractivity contribution in [1.29, 1.82) is 0 Å². The lowest BCUT2D eigenvalue weighted by Crippen LogP contribution is -2.34. The second-order valence-corrected chi connectivity index (χ2v) is 10.0. The Morgan fingerprint density at radius 1 is 1.16 bits per heavy atom. The van der Waals surface area contributed by atoms with Gasteiger partial charge in [0.1, 0.15) is 29.4 Å². The lowest BCUT2D eigenvalue weighted by molar-refractivity contribution is -0.142. The molecule has 1 aliphatic heterocycles. The maximum Gasteiger partial charge on any atom is 0.302 e. The second kappa shape index (κ2) is 12.5. The largest absolute Gasteiger partial charge is 0.507 e. The maximum absolute atomic E-state index is 13.5. The first-order chi connectivity index (χ1) is 18.0. The van der Waals surface area contributed by atoms with Crippen LogP contribution in [-0.4, -0.2) is 74.0 Å². The summed E-state index contributed by atoms with van der Waals surface area (Å²) in [7, 11) is 4.73. The summed E-state index contributed by atoms with van der Waals surface area (Å²) >= 11 is 6.47. The third kappa shape index (κ3) is 6.22. The Morgan fingerprint density at radius 3 is 2.45 bits per heavy atom. The Balaban J connectivity index is 2.00. The van der Waals surface area contributed by atoms with E-state index in [1.807, 2.05) is 25.8 Å². The smallest absolute Gasteiger partial charge is 0.302 e. The van der Waals surface area contributed by atoms with Crippen LogP contribution in [0.1, 0.15) is 65.8 Å². The molecule has 0 radical (unpaired) electrons. The van der Waals surface area contributed by atoms with Gasteiger partial charge in [0, 0.05) is 36.1 Å². The molecule has 1 aliphatic rings. The van der Waals surface area contributed by atoms with Crippen molar-refractivity contribution in [2.45, 2.75) is 51.6 Å². The van der Waals surface area contributed by atoms with Gasteiger partial charge in [-0.25, -0.2) is 0 Å². The van der Waals surface area contributed by atoms with Crippen molar-refractivity contribution < 1.29 is 33.7 Å². The minimum atomic E-state index is -0.616. The van der Waals surface area contributed by atoms with Crippen LogP contribution in [0.4, 0.5) is 5.69 Å². The van der Waals surface area contributed by atoms with Crippen LogP contribution in [0.5, 0.6) is 17.2 Å². The number of nitrogens with zero attached hydrogens (tertiary/aromatic N) is 1. The molecular formula is C28H35ClN2O7. The van der Waals surface area contributed by atoms with Gasteiger partial charge in [0.05, 0.1) is 37.4 Å². The molecule has 9 nitrogen and oxygen atoms in total. The number of phenols is 1. The minimum Gasteiger partial charge on any atom is -0.507 e. The summed E-state index contributed by atoms with van der Waals surface area (Å²) in [6.07, 6.45) is 0.110. The van der Waals surface area contributed by atoms with Crippen molar-refractivity contribution in [3.8, 4) is 17.2 Å². The molecule has 1 heterocycles. The van der Waals surface area contributed by atoms with Crippen LogP contribution in [0.2, 0.25) is 5.02 Å². The quantitative estimate of drug-likeness (QED) is 0.235. The number of esters is 1. The van der Waals surface area contributed by atoms with E-state index in [0.29, 0.717) is 30.0 Å². The molecule has 1 saturated heterocycles. The molecule has 0 spiro atoms. The number of phenolic OH excluding ortho intramolecular Hbond substituents is 1. The summed E-state index contributed by atoms with van der Waals surface area (Å²) in [4.78, 5) is 40.2. The molecule has 2 aromatic carbocycles. The lowest BCUT2D eigenvalue weighted by Gasteiger charge is -2.27. The van der Waals surface area contributed by atoms with E-state index >= 15 is 0 Å². The molecule has 2 atom stereocenters. The SMILES string of the molecule is COc1cc(OC)c(C2CCN(C)C2COC(C)=O)c(O)c1C(=O)CC(=O)c1cccc(NC(C)C)c1Cl. The Bertz CT molecular complexity index is 1210. The number of hydrogen-bond donors (Lipinski definition) is 2. The van der Waals surface area contributed by atoms with Crippen molar-refractivity contribution in [2.24, 2.45) is 0 Å². The minimum absolute atomic E-state index is 0.0881. The van der Waals surface area contributed by atoms with E-state index in [1.54, 1.807) is 18.2 Å². The number of anilines is 1. The number of nitrogens with one attached hydrogen (secondary N) is 1. The van der Waals surface area contributed by atoms with Gasteiger partial charge in [-0.05, 0) is 46.0 Å². The van der Waals surface area contributed by atoms with Gasteiger partial charge >= 0.3 is 5.97 Å². The van der Waals surface area contributed by atoms with E-state index in [9.17, 15) is 19.5 Å². The van der Waals surface area contributed by atoms with Crippen LogP contribution >= 0.6 is 11.6 Å². The lowest BCUT2D eigenvalue weighted by atomic mass is 9.87. The Hall–Kier alpha value is -3.30. The van der Waals surface area contributed by atoms with Gasteiger partial charge in [0.2, 0.25) is 0 Å². The predicted octanol–water partition coefficient (Wildman–Crippen LogP) is 4.69. The number of rotatable bonds is 11. The monoisotopic (exact) mass is 546 g/mol. The van der Waals surface area contributed by atoms with E-state index in [1.165, 1.54) is 27.2 Å². The fourth-order valence-electron chi connectivity index (χ4n) is 4.88. The van der Waals surface area contributed by atoms with Crippen LogP contribution in [0.3, 0.4) is 0 Å². The van der Waals surface area contributed by atoms with Crippen molar-refractivity contribution in [1.82, 2.24) is 4.90 Å². The molecule has 0 aromatic heterocycles. The van der Waals surface area contributed by atoms with E-state index < -0.39 is 24.0 Å². The molecule has 1 fully saturated rings. The number of carbonyl (C=O) groups excluding carboxylic acids is 3. The van der Waals surface area contributed by atoms with E-state index in [-0.39, 0.29) is 52.3 Å². The number of carbonyl (C=O) groups is 3. The molecule has 206 valence electrons. The summed E-state index contributed by atoms with van der Waals surface area (Å²) in [6, 6.07) is 6.40. The average molecular weight is 547 g/mol. The standard InChI is InChI=1S/C28H35ClN2O7/c1-15(2)30-19-9-7-8-18(27(19)29)21(33)12-22(34)26-24(37-6)13-23(36-5)25(28(26)35)17-10-11-31(4)20(17)14-38-16(3)32/h7-9,13,15,17,20,30,35H,10-12,14H2,1-6H3. The molecule has 3 rings (SSSR count). The highest BCUT2D eigenvalue weighted by Crippen LogP contribution is 2.47. The number of benzene rings is 2. The van der Waals surface area contributed by atoms with Gasteiger partial charge in [-0.15, -0.1) is 0 Å². The zero-order valence-corrected chi connectivity index (χ0v) is 23.3. The molecule has 0 bridgehead atoms. The third-order valence-corrected chi connectivity index (χ3v) is 7.11. The van der Waals surface area contributed by atoms with Crippen molar-refractivity contribution in [3.63, 3.8) is 0 Å². The van der Waals surface area contributed by atoms with Crippen LogP contribution in [0.25, 0.3) is 0 Å². The normalized spacial score (nSPS) is 17.4. The molecule has 10 heteroatoms. The summed E-state index contributed by atoms with van der Waals surface area (Å²) in [5, 5.41) is 14.9. The number of halogens is 1. The van der Waals surface area contributed by atoms with Crippen LogP contribution in [-0.2, 0) is 9.53 Å². The van der Waals surface area contributed by atoms with E-state index in [4.69, 9.17) is 25.8 Å². The molecule has 2 aromatic rings. The number of likely N-dealkylation sites (N-methyl/N-ethyl adjacent to an activating group) is 1. The number of aromatic hydroxyl groups is 1. The van der Waals surface area contributed by atoms with Crippen molar-refractivity contribution in [2.75, 3.05) is 39.7 Å². The summed E-state index contributed by atoms with van der Waals surface area (Å²) in [5.74, 6) is -1.69. The Kier molecular flexibility index (Phi) is 9.62. The van der Waals surface area contributed by atoms with E-state index in [0.717, 1.165) is 0 Å². The number of methoxy groups -OCH3 is 2. The van der Waals surface area contributed by atoms with Gasteiger partial charge < -0.3 is 24.6 Å². The zero-order valence-electron chi connectivity index (χ0n) is 22.6. The zero-order chi connectivity index (χ0) is 28.1. The Morgan fingerprint density at radius 2 is 1.84 bits per heavy atom. The van der Waals surface area contributed by atoms with Crippen LogP contribution in [0, 0.1) is 0 Å². The van der Waals surface area contributed by atoms with Crippen molar-refractivity contribution in [3.05, 3.63) is 46.0 Å². The Labute approximate surface area is 228 Å². The third-order valence-electron chi connectivity index (χ3n) is 6.70. The molecule has 0 saturated carbocycles. The molecular weight excluding hydrogens is 512 g/mol. The highest BCUT2D eigenvalue weighted by atomic mass is 35.5. The molecule has 38 heavy (non-hydrogen) atoms. The van der Waals surface area contributed by atoms with Crippen molar-refractivity contribution >= 4 is 34.8 Å². The maximum atomic E-state index is 13.5.